The summed E-state index contributed by atoms with van der Waals surface area (Å²) in [4.78, 5) is 27.6. The molecule has 2 N–H and O–H groups in total. The summed E-state index contributed by atoms with van der Waals surface area (Å²) in [6.45, 7) is 1.81. The fraction of sp³-hybridized carbons (Fsp3) is 0.333. The second-order valence-corrected chi connectivity index (χ2v) is 4.32. The molecule has 1 aromatic rings. The number of hydroxylamine groups is 2. The minimum absolute atomic E-state index is 0.451. The maximum Gasteiger partial charge on any atom is 0.405 e. The van der Waals surface area contributed by atoms with Crippen molar-refractivity contribution in [3.63, 3.8) is 0 Å². The van der Waals surface area contributed by atoms with Crippen LogP contribution >= 0.6 is 11.6 Å². The third-order valence-electron chi connectivity index (χ3n) is 2.63. The lowest BCUT2D eigenvalue weighted by Gasteiger charge is -2.22. The van der Waals surface area contributed by atoms with Crippen LogP contribution in [0.5, 0.6) is 0 Å². The third kappa shape index (κ3) is 3.84. The zero-order chi connectivity index (χ0) is 14.6. The van der Waals surface area contributed by atoms with Crippen LogP contribution in [0.1, 0.15) is 17.2 Å². The first-order valence-electron chi connectivity index (χ1n) is 5.44. The van der Waals surface area contributed by atoms with Gasteiger partial charge in [-0.1, -0.05) is 23.7 Å². The normalized spacial score (nSPS) is 11.8. The van der Waals surface area contributed by atoms with Crippen LogP contribution < -0.4 is 5.32 Å². The molecule has 0 radical (unpaired) electrons. The van der Waals surface area contributed by atoms with E-state index in [2.05, 4.69) is 5.32 Å². The number of aryl methyl sites for hydroxylation is 1. The van der Waals surface area contributed by atoms with E-state index in [-0.39, 0.29) is 0 Å². The maximum absolute atomic E-state index is 12.0. The number of likely N-dealkylation sites (N-methyl/N-ethyl adjacent to an activating group) is 1. The van der Waals surface area contributed by atoms with Gasteiger partial charge in [0.15, 0.2) is 0 Å². The first-order valence-corrected chi connectivity index (χ1v) is 5.81. The summed E-state index contributed by atoms with van der Waals surface area (Å²) in [7, 11) is 2.71. The van der Waals surface area contributed by atoms with Gasteiger partial charge in [0, 0.05) is 12.1 Å². The van der Waals surface area contributed by atoms with Crippen LogP contribution in [0.15, 0.2) is 18.2 Å². The largest absolute Gasteiger partial charge is 0.465 e. The second kappa shape index (κ2) is 6.40. The van der Waals surface area contributed by atoms with Crippen molar-refractivity contribution in [2.24, 2.45) is 0 Å². The SMILES string of the molecule is CON(C)C(=O)C(NC(=O)O)c1ccc(C)c(Cl)c1. The highest BCUT2D eigenvalue weighted by atomic mass is 35.5. The predicted octanol–water partition coefficient (Wildman–Crippen LogP) is 1.98. The molecule has 104 valence electrons. The molecule has 0 fully saturated rings. The van der Waals surface area contributed by atoms with Gasteiger partial charge in [0.1, 0.15) is 6.04 Å². The summed E-state index contributed by atoms with van der Waals surface area (Å²) >= 11 is 5.98. The molecule has 2 amide bonds. The highest BCUT2D eigenvalue weighted by Gasteiger charge is 2.26. The van der Waals surface area contributed by atoms with E-state index in [1.54, 1.807) is 18.2 Å². The van der Waals surface area contributed by atoms with E-state index in [0.717, 1.165) is 10.6 Å². The topological polar surface area (TPSA) is 78.9 Å². The van der Waals surface area contributed by atoms with Crippen molar-refractivity contribution < 1.29 is 19.5 Å². The summed E-state index contributed by atoms with van der Waals surface area (Å²) in [5, 5.41) is 12.4. The van der Waals surface area contributed by atoms with Crippen molar-refractivity contribution in [3.8, 4) is 0 Å². The molecule has 0 aromatic heterocycles. The first kappa shape index (κ1) is 15.3. The number of hydrogen-bond donors (Lipinski definition) is 2. The van der Waals surface area contributed by atoms with Gasteiger partial charge in [-0.05, 0) is 24.1 Å². The zero-order valence-corrected chi connectivity index (χ0v) is 11.6. The Hall–Kier alpha value is -1.79. The van der Waals surface area contributed by atoms with Crippen LogP contribution in [0, 0.1) is 6.92 Å². The molecule has 1 rings (SSSR count). The smallest absolute Gasteiger partial charge is 0.405 e. The number of amides is 2. The number of rotatable bonds is 4. The Labute approximate surface area is 115 Å². The van der Waals surface area contributed by atoms with Crippen molar-refractivity contribution in [1.29, 1.82) is 0 Å². The van der Waals surface area contributed by atoms with E-state index in [9.17, 15) is 9.59 Å². The number of nitrogens with zero attached hydrogens (tertiary/aromatic N) is 1. The van der Waals surface area contributed by atoms with Gasteiger partial charge in [-0.25, -0.2) is 9.86 Å². The Bertz CT molecular complexity index is 493. The standard InChI is InChI=1S/C12H15ClN2O4/c1-7-4-5-8(6-9(7)13)10(14-12(17)18)11(16)15(2)19-3/h4-6,10,14H,1-3H3,(H,17,18). The molecule has 1 aromatic carbocycles. The average molecular weight is 287 g/mol. The molecular weight excluding hydrogens is 272 g/mol. The first-order chi connectivity index (χ1) is 8.86. The van der Waals surface area contributed by atoms with E-state index in [0.29, 0.717) is 10.6 Å². The van der Waals surface area contributed by atoms with Crippen molar-refractivity contribution in [3.05, 3.63) is 34.3 Å². The second-order valence-electron chi connectivity index (χ2n) is 3.91. The summed E-state index contributed by atoms with van der Waals surface area (Å²) < 4.78 is 0. The number of halogens is 1. The van der Waals surface area contributed by atoms with Gasteiger partial charge in [-0.2, -0.15) is 0 Å². The molecule has 0 heterocycles. The Morgan fingerprint density at radius 3 is 2.58 bits per heavy atom. The molecule has 6 nitrogen and oxygen atoms in total. The van der Waals surface area contributed by atoms with Crippen LogP contribution in [-0.2, 0) is 9.63 Å². The summed E-state index contributed by atoms with van der Waals surface area (Å²) in [5.41, 5.74) is 1.29. The number of nitrogens with one attached hydrogen (secondary N) is 1. The van der Waals surface area contributed by atoms with Gasteiger partial charge in [0.2, 0.25) is 0 Å². The van der Waals surface area contributed by atoms with E-state index in [4.69, 9.17) is 21.5 Å². The lowest BCUT2D eigenvalue weighted by molar-refractivity contribution is -0.171. The highest BCUT2D eigenvalue weighted by molar-refractivity contribution is 6.31. The molecule has 19 heavy (non-hydrogen) atoms. The lowest BCUT2D eigenvalue weighted by Crippen LogP contribution is -2.40. The Morgan fingerprint density at radius 2 is 2.11 bits per heavy atom. The summed E-state index contributed by atoms with van der Waals surface area (Å²) in [6, 6.07) is 3.84. The molecule has 1 unspecified atom stereocenters. The molecule has 0 saturated carbocycles. The molecule has 1 atom stereocenters. The van der Waals surface area contributed by atoms with Gasteiger partial charge >= 0.3 is 6.09 Å². The summed E-state index contributed by atoms with van der Waals surface area (Å²) in [6.07, 6.45) is -1.31. The van der Waals surface area contributed by atoms with E-state index < -0.39 is 18.0 Å². The predicted molar refractivity (Wildman–Crippen MR) is 69.9 cm³/mol. The molecule has 0 saturated heterocycles. The molecule has 0 aliphatic carbocycles. The van der Waals surface area contributed by atoms with Gasteiger partial charge in [-0.3, -0.25) is 9.63 Å². The van der Waals surface area contributed by atoms with Gasteiger partial charge in [0.05, 0.1) is 7.11 Å². The minimum atomic E-state index is -1.31. The average Bonchev–Trinajstić information content (AvgIpc) is 2.37. The van der Waals surface area contributed by atoms with Crippen LogP contribution in [-0.4, -0.2) is 36.3 Å². The fourth-order valence-corrected chi connectivity index (χ4v) is 1.66. The third-order valence-corrected chi connectivity index (χ3v) is 3.04. The van der Waals surface area contributed by atoms with Crippen LogP contribution in [0.25, 0.3) is 0 Å². The fourth-order valence-electron chi connectivity index (χ4n) is 1.47. The van der Waals surface area contributed by atoms with Crippen molar-refractivity contribution in [2.45, 2.75) is 13.0 Å². The lowest BCUT2D eigenvalue weighted by atomic mass is 10.0. The molecular formula is C12H15ClN2O4. The van der Waals surface area contributed by atoms with Crippen LogP contribution in [0.4, 0.5) is 4.79 Å². The summed E-state index contributed by atoms with van der Waals surface area (Å²) in [5.74, 6) is -0.537. The number of carbonyl (C=O) groups is 2. The van der Waals surface area contributed by atoms with Crippen molar-refractivity contribution >= 4 is 23.6 Å². The molecule has 0 spiro atoms. The van der Waals surface area contributed by atoms with Crippen molar-refractivity contribution in [1.82, 2.24) is 10.4 Å². The Balaban J connectivity index is 3.12. The van der Waals surface area contributed by atoms with Crippen LogP contribution in [0.2, 0.25) is 5.02 Å². The van der Waals surface area contributed by atoms with E-state index in [1.807, 2.05) is 6.92 Å². The Morgan fingerprint density at radius 1 is 1.47 bits per heavy atom. The highest BCUT2D eigenvalue weighted by Crippen LogP contribution is 2.22. The molecule has 0 aliphatic rings. The number of hydrogen-bond acceptors (Lipinski definition) is 3. The molecule has 0 bridgehead atoms. The Kier molecular flexibility index (Phi) is 5.14. The van der Waals surface area contributed by atoms with E-state index in [1.165, 1.54) is 14.2 Å². The molecule has 0 aliphatic heterocycles. The zero-order valence-electron chi connectivity index (χ0n) is 10.8. The number of carbonyl (C=O) groups excluding carboxylic acids is 1. The van der Waals surface area contributed by atoms with Crippen molar-refractivity contribution in [2.75, 3.05) is 14.2 Å². The quantitative estimate of drug-likeness (QED) is 0.830. The maximum atomic E-state index is 12.0. The van der Waals surface area contributed by atoms with Gasteiger partial charge in [0.25, 0.3) is 5.91 Å². The number of carboxylic acid groups (broad SMARTS) is 1. The van der Waals surface area contributed by atoms with Crippen LogP contribution in [0.3, 0.4) is 0 Å². The minimum Gasteiger partial charge on any atom is -0.465 e. The van der Waals surface area contributed by atoms with Gasteiger partial charge in [-0.15, -0.1) is 0 Å². The molecule has 7 heteroatoms. The number of benzene rings is 1. The van der Waals surface area contributed by atoms with E-state index >= 15 is 0 Å². The van der Waals surface area contributed by atoms with Gasteiger partial charge < -0.3 is 10.4 Å². The monoisotopic (exact) mass is 286 g/mol.